The molecule has 3 nitrogen and oxygen atoms in total. The summed E-state index contributed by atoms with van der Waals surface area (Å²) in [5.74, 6) is 0. The maximum absolute atomic E-state index is 9.16. The van der Waals surface area contributed by atoms with E-state index in [4.69, 9.17) is 10.8 Å². The zero-order valence-electron chi connectivity index (χ0n) is 8.38. The number of aliphatic hydroxyl groups excluding tert-OH is 1. The Kier molecular flexibility index (Phi) is 2.21. The molecule has 1 aromatic rings. The van der Waals surface area contributed by atoms with E-state index in [1.807, 2.05) is 19.1 Å². The lowest BCUT2D eigenvalue weighted by Crippen LogP contribution is -2.36. The van der Waals surface area contributed by atoms with Gasteiger partial charge < -0.3 is 16.2 Å². The van der Waals surface area contributed by atoms with Crippen molar-refractivity contribution in [3.63, 3.8) is 0 Å². The van der Waals surface area contributed by atoms with E-state index in [2.05, 4.69) is 11.4 Å². The van der Waals surface area contributed by atoms with Gasteiger partial charge >= 0.3 is 0 Å². The highest BCUT2D eigenvalue weighted by molar-refractivity contribution is 5.57. The van der Waals surface area contributed by atoms with Crippen LogP contribution in [0.2, 0.25) is 0 Å². The Balaban J connectivity index is 2.38. The Morgan fingerprint density at radius 2 is 2.36 bits per heavy atom. The van der Waals surface area contributed by atoms with Crippen molar-refractivity contribution in [3.8, 4) is 0 Å². The van der Waals surface area contributed by atoms with Crippen LogP contribution in [-0.2, 0) is 12.0 Å². The quantitative estimate of drug-likeness (QED) is 0.650. The molecule has 3 heteroatoms. The zero-order valence-corrected chi connectivity index (χ0v) is 8.38. The first kappa shape index (κ1) is 9.49. The molecule has 14 heavy (non-hydrogen) atoms. The largest absolute Gasteiger partial charge is 0.394 e. The lowest BCUT2D eigenvalue weighted by atomic mass is 9.92. The number of aliphatic hydroxyl groups is 1. The van der Waals surface area contributed by atoms with E-state index in [1.54, 1.807) is 0 Å². The third kappa shape index (κ3) is 1.49. The van der Waals surface area contributed by atoms with Crippen LogP contribution in [0.25, 0.3) is 0 Å². The number of benzene rings is 1. The molecular formula is C11H16N2O. The highest BCUT2D eigenvalue weighted by Crippen LogP contribution is 2.27. The molecule has 76 valence electrons. The molecule has 0 saturated heterocycles. The predicted molar refractivity (Wildman–Crippen MR) is 57.3 cm³/mol. The van der Waals surface area contributed by atoms with Gasteiger partial charge in [-0.25, -0.2) is 0 Å². The minimum Gasteiger partial charge on any atom is -0.394 e. The van der Waals surface area contributed by atoms with Crippen LogP contribution in [0.1, 0.15) is 18.1 Å². The third-order valence-corrected chi connectivity index (χ3v) is 2.80. The molecule has 1 atom stereocenters. The van der Waals surface area contributed by atoms with Crippen molar-refractivity contribution in [2.75, 3.05) is 18.5 Å². The van der Waals surface area contributed by atoms with Crippen LogP contribution in [0.3, 0.4) is 0 Å². The first-order valence-corrected chi connectivity index (χ1v) is 4.90. The SMILES string of the molecule is CC(N)(CO)c1ccc2c(c1)CCN2. The van der Waals surface area contributed by atoms with Crippen LogP contribution in [-0.4, -0.2) is 18.3 Å². The molecule has 1 aliphatic heterocycles. The predicted octanol–water partition coefficient (Wildman–Crippen LogP) is 0.821. The molecule has 2 rings (SSSR count). The second-order valence-electron chi connectivity index (χ2n) is 4.12. The molecule has 1 aliphatic rings. The van der Waals surface area contributed by atoms with Gasteiger partial charge in [0.2, 0.25) is 0 Å². The van der Waals surface area contributed by atoms with E-state index in [-0.39, 0.29) is 6.61 Å². The summed E-state index contributed by atoms with van der Waals surface area (Å²) in [6, 6.07) is 6.11. The van der Waals surface area contributed by atoms with Crippen molar-refractivity contribution >= 4 is 5.69 Å². The van der Waals surface area contributed by atoms with Crippen LogP contribution < -0.4 is 11.1 Å². The number of fused-ring (bicyclic) bond motifs is 1. The van der Waals surface area contributed by atoms with E-state index in [0.717, 1.165) is 18.5 Å². The summed E-state index contributed by atoms with van der Waals surface area (Å²) in [5, 5.41) is 12.4. The number of hydrogen-bond donors (Lipinski definition) is 3. The van der Waals surface area contributed by atoms with Crippen LogP contribution in [0.4, 0.5) is 5.69 Å². The van der Waals surface area contributed by atoms with Crippen molar-refractivity contribution in [2.45, 2.75) is 18.9 Å². The van der Waals surface area contributed by atoms with Gasteiger partial charge in [0.1, 0.15) is 0 Å². The Morgan fingerprint density at radius 3 is 3.07 bits per heavy atom. The van der Waals surface area contributed by atoms with Crippen molar-refractivity contribution in [2.24, 2.45) is 5.73 Å². The maximum atomic E-state index is 9.16. The molecule has 0 aromatic heterocycles. The van der Waals surface area contributed by atoms with Crippen LogP contribution in [0, 0.1) is 0 Å². The van der Waals surface area contributed by atoms with Gasteiger partial charge in [-0.2, -0.15) is 0 Å². The minimum absolute atomic E-state index is 0.0286. The van der Waals surface area contributed by atoms with Gasteiger partial charge in [0.25, 0.3) is 0 Å². The number of hydrogen-bond acceptors (Lipinski definition) is 3. The van der Waals surface area contributed by atoms with E-state index in [1.165, 1.54) is 11.3 Å². The number of nitrogens with two attached hydrogens (primary N) is 1. The monoisotopic (exact) mass is 192 g/mol. The Morgan fingerprint density at radius 1 is 1.57 bits per heavy atom. The highest BCUT2D eigenvalue weighted by Gasteiger charge is 2.21. The molecule has 0 amide bonds. The second-order valence-corrected chi connectivity index (χ2v) is 4.12. The lowest BCUT2D eigenvalue weighted by Gasteiger charge is -2.22. The summed E-state index contributed by atoms with van der Waals surface area (Å²) in [7, 11) is 0. The Hall–Kier alpha value is -1.06. The second kappa shape index (κ2) is 3.26. The molecular weight excluding hydrogens is 176 g/mol. The van der Waals surface area contributed by atoms with E-state index >= 15 is 0 Å². The summed E-state index contributed by atoms with van der Waals surface area (Å²) >= 11 is 0. The van der Waals surface area contributed by atoms with Gasteiger partial charge in [-0.05, 0) is 30.5 Å². The van der Waals surface area contributed by atoms with Gasteiger partial charge in [0, 0.05) is 12.2 Å². The molecule has 0 radical (unpaired) electrons. The average Bonchev–Trinajstić information content (AvgIpc) is 2.64. The lowest BCUT2D eigenvalue weighted by molar-refractivity contribution is 0.210. The van der Waals surface area contributed by atoms with Gasteiger partial charge in [0.05, 0.1) is 12.1 Å². The molecule has 1 unspecified atom stereocenters. The molecule has 0 bridgehead atoms. The van der Waals surface area contributed by atoms with Crippen molar-refractivity contribution in [1.82, 2.24) is 0 Å². The number of rotatable bonds is 2. The van der Waals surface area contributed by atoms with Crippen molar-refractivity contribution < 1.29 is 5.11 Å². The first-order valence-electron chi connectivity index (χ1n) is 4.90. The fraction of sp³-hybridized carbons (Fsp3) is 0.455. The molecule has 0 aliphatic carbocycles. The van der Waals surface area contributed by atoms with E-state index < -0.39 is 5.54 Å². The molecule has 0 fully saturated rings. The fourth-order valence-corrected chi connectivity index (χ4v) is 1.75. The Labute approximate surface area is 83.9 Å². The standard InChI is InChI=1S/C11H16N2O/c1-11(12,7-14)9-2-3-10-8(6-9)4-5-13-10/h2-3,6,13-14H,4-5,7,12H2,1H3. The smallest absolute Gasteiger partial charge is 0.0650 e. The molecule has 1 heterocycles. The molecule has 0 spiro atoms. The van der Waals surface area contributed by atoms with Gasteiger partial charge in [0.15, 0.2) is 0 Å². The maximum Gasteiger partial charge on any atom is 0.0650 e. The number of nitrogens with one attached hydrogen (secondary N) is 1. The first-order chi connectivity index (χ1) is 6.63. The van der Waals surface area contributed by atoms with Crippen molar-refractivity contribution in [1.29, 1.82) is 0 Å². The molecule has 1 aromatic carbocycles. The molecule has 4 N–H and O–H groups in total. The summed E-state index contributed by atoms with van der Waals surface area (Å²) in [6.07, 6.45) is 1.05. The third-order valence-electron chi connectivity index (χ3n) is 2.80. The van der Waals surface area contributed by atoms with E-state index in [9.17, 15) is 0 Å². The molecule has 0 saturated carbocycles. The average molecular weight is 192 g/mol. The van der Waals surface area contributed by atoms with Crippen LogP contribution in [0.15, 0.2) is 18.2 Å². The van der Waals surface area contributed by atoms with Crippen LogP contribution >= 0.6 is 0 Å². The van der Waals surface area contributed by atoms with E-state index in [0.29, 0.717) is 0 Å². The topological polar surface area (TPSA) is 58.3 Å². The summed E-state index contributed by atoms with van der Waals surface area (Å²) in [6.45, 7) is 2.81. The highest BCUT2D eigenvalue weighted by atomic mass is 16.3. The van der Waals surface area contributed by atoms with Crippen LogP contribution in [0.5, 0.6) is 0 Å². The van der Waals surface area contributed by atoms with Gasteiger partial charge in [-0.3, -0.25) is 0 Å². The summed E-state index contributed by atoms with van der Waals surface area (Å²) in [4.78, 5) is 0. The fourth-order valence-electron chi connectivity index (χ4n) is 1.75. The van der Waals surface area contributed by atoms with Crippen molar-refractivity contribution in [3.05, 3.63) is 29.3 Å². The minimum atomic E-state index is -0.627. The zero-order chi connectivity index (χ0) is 10.2. The number of anilines is 1. The Bertz CT molecular complexity index is 347. The normalized spacial score (nSPS) is 18.5. The van der Waals surface area contributed by atoms with Gasteiger partial charge in [-0.1, -0.05) is 12.1 Å². The van der Waals surface area contributed by atoms with Gasteiger partial charge in [-0.15, -0.1) is 0 Å². The summed E-state index contributed by atoms with van der Waals surface area (Å²) in [5.41, 5.74) is 8.83. The summed E-state index contributed by atoms with van der Waals surface area (Å²) < 4.78 is 0.